The highest BCUT2D eigenvalue weighted by Crippen LogP contribution is 2.05. The number of aliphatic carboxylic acids is 1. The maximum Gasteiger partial charge on any atom is 0.320 e. The van der Waals surface area contributed by atoms with Crippen LogP contribution >= 0.6 is 0 Å². The van der Waals surface area contributed by atoms with Gasteiger partial charge in [0.15, 0.2) is 6.79 Å². The Bertz CT molecular complexity index is 170. The van der Waals surface area contributed by atoms with Crippen molar-refractivity contribution < 1.29 is 24.1 Å². The van der Waals surface area contributed by atoms with Crippen molar-refractivity contribution in [3.05, 3.63) is 0 Å². The molecule has 0 spiro atoms. The van der Waals surface area contributed by atoms with Gasteiger partial charge in [0.1, 0.15) is 6.04 Å². The quantitative estimate of drug-likeness (QED) is 0.581. The summed E-state index contributed by atoms with van der Waals surface area (Å²) in [5.41, 5.74) is 0. The zero-order valence-corrected chi connectivity index (χ0v) is 7.36. The maximum absolute atomic E-state index is 10.7. The van der Waals surface area contributed by atoms with E-state index in [-0.39, 0.29) is 6.79 Å². The average Bonchev–Trinajstić information content (AvgIpc) is 2.01. The molecule has 1 rings (SSSR count). The predicted octanol–water partition coefficient (Wildman–Crippen LogP) is -0.646. The molecule has 6 nitrogen and oxygen atoms in total. The molecule has 2 N–H and O–H groups in total. The fourth-order valence-corrected chi connectivity index (χ4v) is 0.910. The van der Waals surface area contributed by atoms with Crippen molar-refractivity contribution in [1.82, 2.24) is 5.32 Å². The molecule has 76 valence electrons. The maximum atomic E-state index is 10.7. The highest BCUT2D eigenvalue weighted by Gasteiger charge is 2.26. The Morgan fingerprint density at radius 2 is 2.46 bits per heavy atom. The van der Waals surface area contributed by atoms with E-state index in [1.807, 2.05) is 0 Å². The molecule has 0 saturated carbocycles. The number of carbonyl (C=O) groups is 1. The second-order valence-electron chi connectivity index (χ2n) is 2.62. The van der Waals surface area contributed by atoms with Gasteiger partial charge in [-0.05, 0) is 6.42 Å². The minimum Gasteiger partial charge on any atom is -0.480 e. The van der Waals surface area contributed by atoms with Gasteiger partial charge in [0.25, 0.3) is 0 Å². The summed E-state index contributed by atoms with van der Waals surface area (Å²) in [6, 6.07) is -0.690. The van der Waals surface area contributed by atoms with Gasteiger partial charge in [-0.1, -0.05) is 0 Å². The van der Waals surface area contributed by atoms with Gasteiger partial charge in [-0.2, -0.15) is 0 Å². The summed E-state index contributed by atoms with van der Waals surface area (Å²) in [5.74, 6) is -0.934. The highest BCUT2D eigenvalue weighted by atomic mass is 16.9. The summed E-state index contributed by atoms with van der Waals surface area (Å²) in [5, 5.41) is 11.4. The van der Waals surface area contributed by atoms with Gasteiger partial charge >= 0.3 is 5.97 Å². The topological polar surface area (TPSA) is 77.0 Å². The van der Waals surface area contributed by atoms with Crippen molar-refractivity contribution >= 4 is 5.97 Å². The predicted molar refractivity (Wildman–Crippen MR) is 41.9 cm³/mol. The molecule has 1 atom stereocenters. The standard InChI is InChI=1S/C7H13NO5/c1-11-3-2-5(6(9)10)8-7-12-4-13-7/h5,7-8H,2-4H2,1H3,(H,9,10)/t5-/m1/s1. The van der Waals surface area contributed by atoms with Crippen LogP contribution in [0, 0.1) is 0 Å². The smallest absolute Gasteiger partial charge is 0.320 e. The van der Waals surface area contributed by atoms with Crippen LogP contribution < -0.4 is 5.32 Å². The average molecular weight is 191 g/mol. The van der Waals surface area contributed by atoms with Gasteiger partial charge in [-0.15, -0.1) is 0 Å². The lowest BCUT2D eigenvalue weighted by Crippen LogP contribution is -2.51. The molecule has 0 aliphatic carbocycles. The summed E-state index contributed by atoms with van der Waals surface area (Å²) in [6.45, 7) is 0.602. The van der Waals surface area contributed by atoms with E-state index in [1.54, 1.807) is 0 Å². The summed E-state index contributed by atoms with van der Waals surface area (Å²) in [4.78, 5) is 10.7. The van der Waals surface area contributed by atoms with E-state index >= 15 is 0 Å². The van der Waals surface area contributed by atoms with Crippen LogP contribution in [-0.2, 0) is 19.0 Å². The van der Waals surface area contributed by atoms with Gasteiger partial charge < -0.3 is 19.3 Å². The Kier molecular flexibility index (Phi) is 4.10. The fraction of sp³-hybridized carbons (Fsp3) is 0.857. The van der Waals surface area contributed by atoms with Gasteiger partial charge in [-0.3, -0.25) is 10.1 Å². The molecule has 1 aliphatic rings. The Labute approximate surface area is 75.8 Å². The first-order valence-electron chi connectivity index (χ1n) is 3.95. The van der Waals surface area contributed by atoms with E-state index in [4.69, 9.17) is 19.3 Å². The zero-order chi connectivity index (χ0) is 9.68. The second kappa shape index (κ2) is 5.13. The number of methoxy groups -OCH3 is 1. The van der Waals surface area contributed by atoms with Gasteiger partial charge in [0.05, 0.1) is 0 Å². The molecule has 0 unspecified atom stereocenters. The van der Waals surface area contributed by atoms with Crippen LogP contribution in [-0.4, -0.2) is 44.0 Å². The third kappa shape index (κ3) is 3.27. The monoisotopic (exact) mass is 191 g/mol. The summed E-state index contributed by atoms with van der Waals surface area (Å²) >= 11 is 0. The van der Waals surface area contributed by atoms with Crippen LogP contribution in [0.15, 0.2) is 0 Å². The van der Waals surface area contributed by atoms with E-state index in [0.717, 1.165) is 0 Å². The third-order valence-electron chi connectivity index (χ3n) is 1.68. The number of rotatable bonds is 6. The van der Waals surface area contributed by atoms with Crippen LogP contribution in [0.25, 0.3) is 0 Å². The van der Waals surface area contributed by atoms with Gasteiger partial charge in [0.2, 0.25) is 6.41 Å². The molecule has 0 aromatic rings. The van der Waals surface area contributed by atoms with Gasteiger partial charge in [0, 0.05) is 13.7 Å². The van der Waals surface area contributed by atoms with E-state index in [2.05, 4.69) is 5.32 Å². The van der Waals surface area contributed by atoms with Crippen molar-refractivity contribution in [2.75, 3.05) is 20.5 Å². The molecule has 0 radical (unpaired) electrons. The molecule has 1 saturated heterocycles. The summed E-state index contributed by atoms with van der Waals surface area (Å²) in [7, 11) is 1.52. The molecule has 1 heterocycles. The highest BCUT2D eigenvalue weighted by molar-refractivity contribution is 5.73. The molecule has 1 aliphatic heterocycles. The number of carboxylic acids is 1. The van der Waals surface area contributed by atoms with Crippen molar-refractivity contribution in [2.45, 2.75) is 18.9 Å². The van der Waals surface area contributed by atoms with Crippen LogP contribution in [0.3, 0.4) is 0 Å². The number of ether oxygens (including phenoxy) is 3. The Hall–Kier alpha value is -0.690. The van der Waals surface area contributed by atoms with Crippen LogP contribution in [0.2, 0.25) is 0 Å². The Morgan fingerprint density at radius 1 is 1.77 bits per heavy atom. The number of hydrogen-bond acceptors (Lipinski definition) is 5. The minimum absolute atomic E-state index is 0.217. The fourth-order valence-electron chi connectivity index (χ4n) is 0.910. The first kappa shape index (κ1) is 10.4. The summed E-state index contributed by atoms with van der Waals surface area (Å²) in [6.07, 6.45) is -0.201. The molecule has 0 bridgehead atoms. The SMILES string of the molecule is COCC[C@@H](NC1OCO1)C(=O)O. The number of nitrogens with one attached hydrogen (secondary N) is 1. The molecule has 0 amide bonds. The lowest BCUT2D eigenvalue weighted by Gasteiger charge is -2.29. The molecule has 1 fully saturated rings. The number of carboxylic acid groups (broad SMARTS) is 1. The largest absolute Gasteiger partial charge is 0.480 e. The first-order valence-corrected chi connectivity index (χ1v) is 3.95. The van der Waals surface area contributed by atoms with E-state index in [0.29, 0.717) is 13.0 Å². The molecular weight excluding hydrogens is 178 g/mol. The van der Waals surface area contributed by atoms with Crippen LogP contribution in [0.5, 0.6) is 0 Å². The van der Waals surface area contributed by atoms with E-state index < -0.39 is 18.4 Å². The molecule has 0 aromatic carbocycles. The summed E-state index contributed by atoms with van der Waals surface area (Å²) < 4.78 is 14.5. The first-order chi connectivity index (χ1) is 6.24. The van der Waals surface area contributed by atoms with Crippen LogP contribution in [0.1, 0.15) is 6.42 Å². The lowest BCUT2D eigenvalue weighted by molar-refractivity contribution is -0.335. The van der Waals surface area contributed by atoms with Crippen molar-refractivity contribution in [2.24, 2.45) is 0 Å². The van der Waals surface area contributed by atoms with Crippen LogP contribution in [0.4, 0.5) is 0 Å². The molecule has 13 heavy (non-hydrogen) atoms. The van der Waals surface area contributed by atoms with Crippen molar-refractivity contribution in [3.8, 4) is 0 Å². The normalized spacial score (nSPS) is 19.5. The second-order valence-corrected chi connectivity index (χ2v) is 2.62. The third-order valence-corrected chi connectivity index (χ3v) is 1.68. The zero-order valence-electron chi connectivity index (χ0n) is 7.36. The molecule has 0 aromatic heterocycles. The molecule has 6 heteroatoms. The van der Waals surface area contributed by atoms with Crippen molar-refractivity contribution in [3.63, 3.8) is 0 Å². The molecular formula is C7H13NO5. The van der Waals surface area contributed by atoms with Gasteiger partial charge in [-0.25, -0.2) is 0 Å². The Balaban J connectivity index is 2.23. The number of hydrogen-bond donors (Lipinski definition) is 2. The lowest BCUT2D eigenvalue weighted by atomic mass is 10.2. The Morgan fingerprint density at radius 3 is 2.85 bits per heavy atom. The minimum atomic E-state index is -0.934. The van der Waals surface area contributed by atoms with Crippen molar-refractivity contribution in [1.29, 1.82) is 0 Å². The van der Waals surface area contributed by atoms with E-state index in [9.17, 15) is 4.79 Å². The van der Waals surface area contributed by atoms with E-state index in [1.165, 1.54) is 7.11 Å².